The number of aliphatic hydroxyl groups is 1. The van der Waals surface area contributed by atoms with Crippen molar-refractivity contribution >= 4 is 32.4 Å². The van der Waals surface area contributed by atoms with E-state index >= 15 is 0 Å². The number of nitrogens with one attached hydrogen (secondary N) is 1. The summed E-state index contributed by atoms with van der Waals surface area (Å²) in [5, 5.41) is 12.9. The van der Waals surface area contributed by atoms with E-state index in [0.717, 1.165) is 12.1 Å². The lowest BCUT2D eigenvalue weighted by Gasteiger charge is -2.30. The molecule has 196 valence electrons. The van der Waals surface area contributed by atoms with Gasteiger partial charge in [0.15, 0.2) is 0 Å². The van der Waals surface area contributed by atoms with Gasteiger partial charge in [-0.1, -0.05) is 0 Å². The largest absolute Gasteiger partial charge is 0.527 e. The zero-order valence-corrected chi connectivity index (χ0v) is 20.2. The summed E-state index contributed by atoms with van der Waals surface area (Å²) in [7, 11) is -9.24. The molecule has 5 unspecified atom stereocenters. The SMILES string of the molecule is NC1C=CN(C2CC(O)C(COP(=O)(O)Oc3ccc4c(CP(=O)(O)O)cc(=O)oc4c3)O2)C(=O)N1. The Morgan fingerprint density at radius 3 is 2.64 bits per heavy atom. The third-order valence-electron chi connectivity index (χ3n) is 5.29. The van der Waals surface area contributed by atoms with Crippen LogP contribution >= 0.6 is 15.4 Å². The molecule has 15 nitrogen and oxygen atoms in total. The number of nitrogens with two attached hydrogens (primary N) is 1. The minimum absolute atomic E-state index is 0.0122. The third kappa shape index (κ3) is 6.40. The van der Waals surface area contributed by atoms with Gasteiger partial charge < -0.3 is 39.6 Å². The first-order valence-electron chi connectivity index (χ1n) is 10.4. The lowest BCUT2D eigenvalue weighted by molar-refractivity contribution is -0.0530. The molecule has 0 radical (unpaired) electrons. The van der Waals surface area contributed by atoms with E-state index in [9.17, 15) is 38.5 Å². The average Bonchev–Trinajstić information content (AvgIpc) is 3.10. The predicted molar refractivity (Wildman–Crippen MR) is 121 cm³/mol. The van der Waals surface area contributed by atoms with Gasteiger partial charge in [-0.15, -0.1) is 0 Å². The Balaban J connectivity index is 1.41. The Bertz CT molecular complexity index is 1340. The maximum atomic E-state index is 12.5. The normalized spacial score (nSPS) is 26.1. The minimum atomic E-state index is -4.76. The molecule has 4 rings (SSSR count). The number of phosphoric ester groups is 1. The van der Waals surface area contributed by atoms with Crippen molar-refractivity contribution in [1.82, 2.24) is 10.2 Å². The van der Waals surface area contributed by atoms with Crippen molar-refractivity contribution in [2.45, 2.75) is 37.2 Å². The number of carbonyl (C=O) groups excluding carboxylic acids is 1. The molecule has 0 saturated carbocycles. The molecule has 2 aliphatic heterocycles. The van der Waals surface area contributed by atoms with E-state index in [2.05, 4.69) is 5.32 Å². The van der Waals surface area contributed by atoms with E-state index in [0.29, 0.717) is 0 Å². The molecule has 1 aromatic heterocycles. The Labute approximate surface area is 202 Å². The molecule has 1 saturated heterocycles. The van der Waals surface area contributed by atoms with Crippen LogP contribution in [-0.2, 0) is 24.6 Å². The fraction of sp³-hybridized carbons (Fsp3) is 0.368. The van der Waals surface area contributed by atoms with Crippen LogP contribution in [-0.4, -0.2) is 61.9 Å². The van der Waals surface area contributed by atoms with Gasteiger partial charge in [0.2, 0.25) is 0 Å². The Kier molecular flexibility index (Phi) is 7.40. The highest BCUT2D eigenvalue weighted by Crippen LogP contribution is 2.46. The second-order valence-electron chi connectivity index (χ2n) is 8.08. The number of amides is 2. The van der Waals surface area contributed by atoms with Crippen LogP contribution in [0.4, 0.5) is 4.79 Å². The summed E-state index contributed by atoms with van der Waals surface area (Å²) in [5.41, 5.74) is 4.61. The first-order valence-corrected chi connectivity index (χ1v) is 13.7. The van der Waals surface area contributed by atoms with Gasteiger partial charge in [-0.05, 0) is 23.8 Å². The number of fused-ring (bicyclic) bond motifs is 1. The topological polar surface area (TPSA) is 231 Å². The van der Waals surface area contributed by atoms with Crippen LogP contribution < -0.4 is 21.2 Å². The van der Waals surface area contributed by atoms with Gasteiger partial charge in [-0.2, -0.15) is 0 Å². The number of benzene rings is 1. The van der Waals surface area contributed by atoms with Gasteiger partial charge in [-0.3, -0.25) is 18.9 Å². The van der Waals surface area contributed by atoms with Crippen molar-refractivity contribution in [3.05, 3.63) is 52.5 Å². The number of hydrogen-bond acceptors (Lipinski definition) is 10. The van der Waals surface area contributed by atoms with Crippen LogP contribution in [0.1, 0.15) is 12.0 Å². The maximum Gasteiger partial charge on any atom is 0.527 e. The van der Waals surface area contributed by atoms with Gasteiger partial charge >= 0.3 is 27.1 Å². The highest BCUT2D eigenvalue weighted by molar-refractivity contribution is 7.50. The summed E-state index contributed by atoms with van der Waals surface area (Å²) in [6.07, 6.45) is -1.46. The number of aliphatic hydroxyl groups excluding tert-OH is 1. The molecule has 7 N–H and O–H groups in total. The lowest BCUT2D eigenvalue weighted by Crippen LogP contribution is -2.52. The molecule has 17 heteroatoms. The van der Waals surface area contributed by atoms with Crippen molar-refractivity contribution in [2.75, 3.05) is 6.61 Å². The molecule has 0 bridgehead atoms. The number of hydrogen-bond donors (Lipinski definition) is 6. The highest BCUT2D eigenvalue weighted by Gasteiger charge is 2.41. The lowest BCUT2D eigenvalue weighted by atomic mass is 10.1. The van der Waals surface area contributed by atoms with Gasteiger partial charge in [0, 0.05) is 30.1 Å². The molecule has 2 amide bonds. The number of ether oxygens (including phenoxy) is 1. The van der Waals surface area contributed by atoms with E-state index in [1.165, 1.54) is 29.3 Å². The van der Waals surface area contributed by atoms with Crippen LogP contribution in [0.3, 0.4) is 0 Å². The zero-order valence-electron chi connectivity index (χ0n) is 18.4. The molecule has 5 atom stereocenters. The molecule has 0 spiro atoms. The number of carbonyl (C=O) groups is 1. The Morgan fingerprint density at radius 2 is 1.94 bits per heavy atom. The summed E-state index contributed by atoms with van der Waals surface area (Å²) in [4.78, 5) is 53.6. The van der Waals surface area contributed by atoms with Crippen LogP contribution in [0.5, 0.6) is 5.75 Å². The number of urea groups is 1. The number of phosphoric acid groups is 1. The fourth-order valence-electron chi connectivity index (χ4n) is 3.73. The minimum Gasteiger partial charge on any atom is -0.423 e. The third-order valence-corrected chi connectivity index (χ3v) is 6.96. The standard InChI is InChI=1S/C19H23N3O12P2/c20-16-3-4-22(19(25)21-16)17-7-13(23)15(32-17)8-31-36(29,30)34-11-1-2-12-10(9-35(26,27)28)5-18(24)33-14(12)6-11/h1-6,13,15-17,23H,7-9,20H2,(H,21,25)(H,29,30)(H2,26,27,28). The van der Waals surface area contributed by atoms with E-state index in [1.54, 1.807) is 0 Å². The van der Waals surface area contributed by atoms with E-state index in [4.69, 9.17) is 23.9 Å². The van der Waals surface area contributed by atoms with Crippen molar-refractivity contribution in [3.8, 4) is 5.75 Å². The summed E-state index contributed by atoms with van der Waals surface area (Å²) >= 11 is 0. The van der Waals surface area contributed by atoms with Crippen molar-refractivity contribution in [2.24, 2.45) is 5.73 Å². The van der Waals surface area contributed by atoms with Crippen molar-refractivity contribution in [3.63, 3.8) is 0 Å². The second-order valence-corrected chi connectivity index (χ2v) is 11.1. The molecule has 1 aromatic carbocycles. The Morgan fingerprint density at radius 1 is 1.19 bits per heavy atom. The molecule has 36 heavy (non-hydrogen) atoms. The molecule has 2 aliphatic rings. The molecule has 3 heterocycles. The number of nitrogens with zero attached hydrogens (tertiary/aromatic N) is 1. The molecule has 1 fully saturated rings. The summed E-state index contributed by atoms with van der Waals surface area (Å²) < 4.78 is 44.3. The molecule has 0 aliphatic carbocycles. The van der Waals surface area contributed by atoms with Crippen LogP contribution in [0.2, 0.25) is 0 Å². The van der Waals surface area contributed by atoms with Gasteiger partial charge in [0.05, 0.1) is 25.0 Å². The first-order chi connectivity index (χ1) is 16.8. The second kappa shape index (κ2) is 10.1. The fourth-order valence-corrected chi connectivity index (χ4v) is 5.20. The summed E-state index contributed by atoms with van der Waals surface area (Å²) in [6.45, 7) is -0.556. The van der Waals surface area contributed by atoms with Gasteiger partial charge in [0.1, 0.15) is 23.7 Å². The van der Waals surface area contributed by atoms with Gasteiger partial charge in [0.25, 0.3) is 0 Å². The molecular weight excluding hydrogens is 524 g/mol. The number of rotatable bonds is 8. The monoisotopic (exact) mass is 547 g/mol. The van der Waals surface area contributed by atoms with Crippen LogP contribution in [0.25, 0.3) is 11.0 Å². The predicted octanol–water partition coefficient (Wildman–Crippen LogP) is 0.266. The first kappa shape index (κ1) is 26.5. The van der Waals surface area contributed by atoms with E-state index < -0.39 is 64.4 Å². The zero-order chi connectivity index (χ0) is 26.3. The quantitative estimate of drug-likeness (QED) is 0.193. The smallest absolute Gasteiger partial charge is 0.423 e. The van der Waals surface area contributed by atoms with Crippen LogP contribution in [0.15, 0.2) is 45.8 Å². The summed E-state index contributed by atoms with van der Waals surface area (Å²) in [6, 6.07) is 4.03. The average molecular weight is 547 g/mol. The van der Waals surface area contributed by atoms with E-state index in [1.807, 2.05) is 0 Å². The van der Waals surface area contributed by atoms with Crippen molar-refractivity contribution in [1.29, 1.82) is 0 Å². The Hall–Kier alpha value is -2.58. The van der Waals surface area contributed by atoms with E-state index in [-0.39, 0.29) is 28.7 Å². The van der Waals surface area contributed by atoms with Crippen molar-refractivity contribution < 1.29 is 51.9 Å². The van der Waals surface area contributed by atoms with Gasteiger partial charge in [-0.25, -0.2) is 14.2 Å². The maximum absolute atomic E-state index is 12.5. The molecule has 2 aromatic rings. The highest BCUT2D eigenvalue weighted by atomic mass is 31.2. The van der Waals surface area contributed by atoms with Crippen LogP contribution in [0, 0.1) is 0 Å². The molecular formula is C19H23N3O12P2. The summed E-state index contributed by atoms with van der Waals surface area (Å²) in [5.74, 6) is -0.234.